The van der Waals surface area contributed by atoms with Crippen molar-refractivity contribution in [2.24, 2.45) is 0 Å². The molecule has 0 N–H and O–H groups in total. The van der Waals surface area contributed by atoms with Crippen LogP contribution in [-0.2, 0) is 4.74 Å². The first-order valence-electron chi connectivity index (χ1n) is 7.71. The Kier molecular flexibility index (Phi) is 5.78. The van der Waals surface area contributed by atoms with Crippen molar-refractivity contribution in [3.05, 3.63) is 59.9 Å². The van der Waals surface area contributed by atoms with Crippen LogP contribution in [-0.4, -0.2) is 33.3 Å². The second-order valence-electron chi connectivity index (χ2n) is 4.88. The van der Waals surface area contributed by atoms with Gasteiger partial charge in [-0.15, -0.1) is 5.10 Å². The summed E-state index contributed by atoms with van der Waals surface area (Å²) in [6.45, 7) is 6.03. The molecule has 2 aromatic carbocycles. The molecule has 6 heteroatoms. The fourth-order valence-electron chi connectivity index (χ4n) is 2.17. The van der Waals surface area contributed by atoms with Crippen LogP contribution >= 0.6 is 0 Å². The summed E-state index contributed by atoms with van der Waals surface area (Å²) in [6, 6.07) is 13.5. The first-order valence-corrected chi connectivity index (χ1v) is 7.71. The number of carbonyl (C=O) groups is 1. The number of esters is 1. The molecule has 0 atom stereocenters. The molecule has 24 heavy (non-hydrogen) atoms. The number of aryl methyl sites for hydroxylation is 1. The van der Waals surface area contributed by atoms with Crippen LogP contribution in [0.15, 0.2) is 48.8 Å². The van der Waals surface area contributed by atoms with E-state index in [1.54, 1.807) is 12.1 Å². The molecule has 1 heterocycles. The van der Waals surface area contributed by atoms with E-state index in [4.69, 9.17) is 4.74 Å². The maximum Gasteiger partial charge on any atom is 0.337 e. The molecule has 0 saturated carbocycles. The van der Waals surface area contributed by atoms with Crippen molar-refractivity contribution in [1.82, 2.24) is 20.2 Å². The number of rotatable bonds is 3. The molecule has 0 spiro atoms. The molecule has 0 aliphatic carbocycles. The van der Waals surface area contributed by atoms with Crippen molar-refractivity contribution in [3.63, 3.8) is 0 Å². The Bertz CT molecular complexity index is 796. The Morgan fingerprint density at radius 2 is 1.75 bits per heavy atom. The number of hydrogen-bond donors (Lipinski definition) is 0. The van der Waals surface area contributed by atoms with E-state index < -0.39 is 5.97 Å². The number of benzene rings is 2. The highest BCUT2D eigenvalue weighted by molar-refractivity contribution is 5.92. The molecule has 0 bridgehead atoms. The third-order valence-electron chi connectivity index (χ3n) is 3.34. The molecular formula is C18H20N4O2. The van der Waals surface area contributed by atoms with Crippen LogP contribution < -0.4 is 0 Å². The zero-order valence-electron chi connectivity index (χ0n) is 14.2. The third kappa shape index (κ3) is 3.84. The topological polar surface area (TPSA) is 69.9 Å². The molecular weight excluding hydrogens is 304 g/mol. The van der Waals surface area contributed by atoms with Gasteiger partial charge in [0.05, 0.1) is 18.4 Å². The van der Waals surface area contributed by atoms with Gasteiger partial charge >= 0.3 is 5.97 Å². The number of tetrazole rings is 1. The first-order chi connectivity index (χ1) is 11.7. The van der Waals surface area contributed by atoms with Crippen LogP contribution in [0.3, 0.4) is 0 Å². The van der Waals surface area contributed by atoms with Gasteiger partial charge in [-0.3, -0.25) is 0 Å². The Hall–Kier alpha value is -3.02. The average molecular weight is 324 g/mol. The van der Waals surface area contributed by atoms with Crippen molar-refractivity contribution in [2.75, 3.05) is 7.11 Å². The van der Waals surface area contributed by atoms with Gasteiger partial charge in [-0.25, -0.2) is 9.48 Å². The van der Waals surface area contributed by atoms with Gasteiger partial charge in [0.2, 0.25) is 0 Å². The SMILES string of the molecule is CC.COC(=O)c1cc(-c2ccc(C)cc2)cc(-n2cnnn2)c1. The Morgan fingerprint density at radius 3 is 2.33 bits per heavy atom. The summed E-state index contributed by atoms with van der Waals surface area (Å²) in [5, 5.41) is 11.1. The summed E-state index contributed by atoms with van der Waals surface area (Å²) in [5.41, 5.74) is 4.22. The van der Waals surface area contributed by atoms with Gasteiger partial charge in [-0.05, 0) is 46.7 Å². The summed E-state index contributed by atoms with van der Waals surface area (Å²) < 4.78 is 6.32. The van der Waals surface area contributed by atoms with Crippen molar-refractivity contribution in [2.45, 2.75) is 20.8 Å². The molecule has 0 unspecified atom stereocenters. The van der Waals surface area contributed by atoms with Crippen LogP contribution in [0.4, 0.5) is 0 Å². The number of nitrogens with zero attached hydrogens (tertiary/aromatic N) is 4. The molecule has 6 nitrogen and oxygen atoms in total. The zero-order chi connectivity index (χ0) is 17.5. The van der Waals surface area contributed by atoms with Gasteiger partial charge < -0.3 is 4.74 Å². The highest BCUT2D eigenvalue weighted by atomic mass is 16.5. The van der Waals surface area contributed by atoms with Crippen LogP contribution in [0.2, 0.25) is 0 Å². The Balaban J connectivity index is 0.00000100. The normalized spacial score (nSPS) is 9.83. The number of aromatic nitrogens is 4. The fraction of sp³-hybridized carbons (Fsp3) is 0.222. The lowest BCUT2D eigenvalue weighted by atomic mass is 10.0. The van der Waals surface area contributed by atoms with Crippen molar-refractivity contribution in [1.29, 1.82) is 0 Å². The number of ether oxygens (including phenoxy) is 1. The Morgan fingerprint density at radius 1 is 1.04 bits per heavy atom. The van der Waals surface area contributed by atoms with Gasteiger partial charge in [0.25, 0.3) is 0 Å². The minimum Gasteiger partial charge on any atom is -0.465 e. The maximum absolute atomic E-state index is 11.9. The van der Waals surface area contributed by atoms with E-state index >= 15 is 0 Å². The van der Waals surface area contributed by atoms with Gasteiger partial charge in [0, 0.05) is 0 Å². The maximum atomic E-state index is 11.9. The predicted molar refractivity (Wildman–Crippen MR) is 92.0 cm³/mol. The molecule has 1 aromatic heterocycles. The highest BCUT2D eigenvalue weighted by Gasteiger charge is 2.11. The average Bonchev–Trinajstić information content (AvgIpc) is 3.18. The summed E-state index contributed by atoms with van der Waals surface area (Å²) >= 11 is 0. The van der Waals surface area contributed by atoms with Crippen LogP contribution in [0.5, 0.6) is 0 Å². The van der Waals surface area contributed by atoms with Gasteiger partial charge in [-0.2, -0.15) is 0 Å². The molecule has 124 valence electrons. The van der Waals surface area contributed by atoms with E-state index in [-0.39, 0.29) is 0 Å². The lowest BCUT2D eigenvalue weighted by molar-refractivity contribution is 0.0600. The van der Waals surface area contributed by atoms with Crippen molar-refractivity contribution >= 4 is 5.97 Å². The quantitative estimate of drug-likeness (QED) is 0.690. The standard InChI is InChI=1S/C16H14N4O2.C2H6/c1-11-3-5-12(6-4-11)13-7-14(16(21)22-2)9-15(8-13)20-10-17-18-19-20;1-2/h3-10H,1-2H3;1-2H3. The molecule has 0 amide bonds. The van der Waals surface area contributed by atoms with E-state index in [1.165, 1.54) is 23.7 Å². The van der Waals surface area contributed by atoms with E-state index in [0.29, 0.717) is 11.3 Å². The number of carbonyl (C=O) groups excluding carboxylic acids is 1. The molecule has 0 fully saturated rings. The van der Waals surface area contributed by atoms with Gasteiger partial charge in [-0.1, -0.05) is 43.7 Å². The Labute approximate surface area is 141 Å². The van der Waals surface area contributed by atoms with Crippen molar-refractivity contribution in [3.8, 4) is 16.8 Å². The molecule has 0 aliphatic heterocycles. The molecule has 0 aliphatic rings. The molecule has 3 aromatic rings. The summed E-state index contributed by atoms with van der Waals surface area (Å²) in [5.74, 6) is -0.400. The largest absolute Gasteiger partial charge is 0.465 e. The summed E-state index contributed by atoms with van der Waals surface area (Å²) in [4.78, 5) is 11.9. The minimum absolute atomic E-state index is 0.400. The highest BCUT2D eigenvalue weighted by Crippen LogP contribution is 2.24. The van der Waals surface area contributed by atoms with Crippen LogP contribution in [0.1, 0.15) is 29.8 Å². The van der Waals surface area contributed by atoms with Gasteiger partial charge in [0.1, 0.15) is 6.33 Å². The number of methoxy groups -OCH3 is 1. The van der Waals surface area contributed by atoms with E-state index in [0.717, 1.165) is 11.1 Å². The van der Waals surface area contributed by atoms with Crippen LogP contribution in [0.25, 0.3) is 16.8 Å². The smallest absolute Gasteiger partial charge is 0.337 e. The monoisotopic (exact) mass is 324 g/mol. The van der Waals surface area contributed by atoms with E-state index in [1.807, 2.05) is 51.1 Å². The number of hydrogen-bond acceptors (Lipinski definition) is 5. The minimum atomic E-state index is -0.400. The third-order valence-corrected chi connectivity index (χ3v) is 3.34. The van der Waals surface area contributed by atoms with Crippen molar-refractivity contribution < 1.29 is 9.53 Å². The van der Waals surface area contributed by atoms with Gasteiger partial charge in [0.15, 0.2) is 0 Å². The lowest BCUT2D eigenvalue weighted by Gasteiger charge is -2.09. The summed E-state index contributed by atoms with van der Waals surface area (Å²) in [6.07, 6.45) is 1.48. The predicted octanol–water partition coefficient (Wildman–Crippen LogP) is 3.45. The molecule has 3 rings (SSSR count). The molecule has 0 saturated heterocycles. The first kappa shape index (κ1) is 17.3. The van der Waals surface area contributed by atoms with E-state index in [9.17, 15) is 4.79 Å². The second kappa shape index (κ2) is 8.01. The lowest BCUT2D eigenvalue weighted by Crippen LogP contribution is -2.04. The fourth-order valence-corrected chi connectivity index (χ4v) is 2.17. The zero-order valence-corrected chi connectivity index (χ0v) is 14.2. The van der Waals surface area contributed by atoms with Crippen LogP contribution in [0, 0.1) is 6.92 Å². The molecule has 0 radical (unpaired) electrons. The van der Waals surface area contributed by atoms with E-state index in [2.05, 4.69) is 15.5 Å². The summed E-state index contributed by atoms with van der Waals surface area (Å²) in [7, 11) is 1.36. The second-order valence-corrected chi connectivity index (χ2v) is 4.88.